The van der Waals surface area contributed by atoms with E-state index in [4.69, 9.17) is 5.11 Å². The largest absolute Gasteiger partial charge is 0.481 e. The van der Waals surface area contributed by atoms with Gasteiger partial charge in [-0.3, -0.25) is 4.79 Å². The van der Waals surface area contributed by atoms with Gasteiger partial charge in [0.05, 0.1) is 11.3 Å². The van der Waals surface area contributed by atoms with Crippen LogP contribution in [0.3, 0.4) is 0 Å². The minimum absolute atomic E-state index is 0.0356. The predicted molar refractivity (Wildman–Crippen MR) is 73.9 cm³/mol. The molecule has 2 aromatic heterocycles. The van der Waals surface area contributed by atoms with Crippen LogP contribution in [0.5, 0.6) is 0 Å². The number of aryl methyl sites for hydroxylation is 2. The Balaban J connectivity index is 2.45. The van der Waals surface area contributed by atoms with Crippen molar-refractivity contribution in [2.75, 3.05) is 0 Å². The molecule has 0 aromatic carbocycles. The Labute approximate surface area is 117 Å². The van der Waals surface area contributed by atoms with Crippen LogP contribution >= 0.6 is 27.3 Å². The van der Waals surface area contributed by atoms with Crippen LogP contribution in [0.2, 0.25) is 0 Å². The zero-order valence-corrected chi connectivity index (χ0v) is 12.3. The highest BCUT2D eigenvalue weighted by atomic mass is 79.9. The molecule has 0 radical (unpaired) electrons. The Kier molecular flexibility index (Phi) is 3.77. The van der Waals surface area contributed by atoms with E-state index in [1.54, 1.807) is 11.3 Å². The molecule has 0 saturated carbocycles. The molecular formula is C12H11BrN2O2S. The van der Waals surface area contributed by atoms with E-state index in [-0.39, 0.29) is 6.42 Å². The van der Waals surface area contributed by atoms with Gasteiger partial charge in [-0.1, -0.05) is 0 Å². The molecular weight excluding hydrogens is 316 g/mol. The molecule has 6 heteroatoms. The van der Waals surface area contributed by atoms with Crippen molar-refractivity contribution in [3.8, 4) is 10.7 Å². The van der Waals surface area contributed by atoms with Gasteiger partial charge in [-0.2, -0.15) is 0 Å². The van der Waals surface area contributed by atoms with Gasteiger partial charge in [0.2, 0.25) is 0 Å². The fraction of sp³-hybridized carbons (Fsp3) is 0.250. The molecule has 0 saturated heterocycles. The number of nitrogens with zero attached hydrogens (tertiary/aromatic N) is 2. The number of thiophene rings is 1. The molecule has 4 nitrogen and oxygen atoms in total. The van der Waals surface area contributed by atoms with E-state index in [9.17, 15) is 4.79 Å². The van der Waals surface area contributed by atoms with E-state index in [0.29, 0.717) is 11.4 Å². The van der Waals surface area contributed by atoms with Crippen LogP contribution in [0.15, 0.2) is 15.9 Å². The van der Waals surface area contributed by atoms with E-state index in [1.165, 1.54) is 0 Å². The Morgan fingerprint density at radius 3 is 2.44 bits per heavy atom. The van der Waals surface area contributed by atoms with Gasteiger partial charge >= 0.3 is 5.97 Å². The number of carboxylic acids is 1. The number of hydrogen-bond acceptors (Lipinski definition) is 4. The van der Waals surface area contributed by atoms with Crippen molar-refractivity contribution in [3.05, 3.63) is 32.9 Å². The van der Waals surface area contributed by atoms with Crippen LogP contribution in [0.1, 0.15) is 17.0 Å². The number of aliphatic carboxylic acids is 1. The minimum Gasteiger partial charge on any atom is -0.481 e. The molecule has 2 aromatic rings. The lowest BCUT2D eigenvalue weighted by Crippen LogP contribution is -2.08. The average Bonchev–Trinajstić information content (AvgIpc) is 2.70. The molecule has 2 heterocycles. The summed E-state index contributed by atoms with van der Waals surface area (Å²) in [6.07, 6.45) is -0.0356. The second-order valence-corrected chi connectivity index (χ2v) is 5.72. The standard InChI is InChI=1S/C12H11BrN2O2S/c1-6-9(4-11(16)17)7(2)15-12(14-6)10-3-8(13)5-18-10/h3,5H,4H2,1-2H3,(H,16,17). The van der Waals surface area contributed by atoms with Crippen LogP contribution in [-0.4, -0.2) is 21.0 Å². The molecule has 0 aliphatic carbocycles. The molecule has 0 aliphatic heterocycles. The van der Waals surface area contributed by atoms with E-state index in [1.807, 2.05) is 25.3 Å². The maximum atomic E-state index is 10.8. The van der Waals surface area contributed by atoms with Crippen LogP contribution in [0.4, 0.5) is 0 Å². The predicted octanol–water partition coefficient (Wildman–Crippen LogP) is 3.21. The first-order valence-electron chi connectivity index (χ1n) is 5.27. The highest BCUT2D eigenvalue weighted by molar-refractivity contribution is 9.10. The molecule has 0 amide bonds. The zero-order valence-electron chi connectivity index (χ0n) is 9.90. The molecule has 18 heavy (non-hydrogen) atoms. The lowest BCUT2D eigenvalue weighted by molar-refractivity contribution is -0.136. The third-order valence-electron chi connectivity index (χ3n) is 2.54. The fourth-order valence-corrected chi connectivity index (χ4v) is 3.05. The summed E-state index contributed by atoms with van der Waals surface area (Å²) in [5, 5.41) is 10.8. The SMILES string of the molecule is Cc1nc(-c2cc(Br)cs2)nc(C)c1CC(=O)O. The molecule has 0 aliphatic rings. The molecule has 0 spiro atoms. The second-order valence-electron chi connectivity index (χ2n) is 3.90. The third kappa shape index (κ3) is 2.76. The van der Waals surface area contributed by atoms with Crippen LogP contribution < -0.4 is 0 Å². The Hall–Kier alpha value is -1.27. The van der Waals surface area contributed by atoms with E-state index < -0.39 is 5.97 Å². The molecule has 0 unspecified atom stereocenters. The highest BCUT2D eigenvalue weighted by Crippen LogP contribution is 2.28. The van der Waals surface area contributed by atoms with Crippen LogP contribution in [-0.2, 0) is 11.2 Å². The topological polar surface area (TPSA) is 63.1 Å². The van der Waals surface area contributed by atoms with E-state index >= 15 is 0 Å². The summed E-state index contributed by atoms with van der Waals surface area (Å²) in [6.45, 7) is 3.64. The molecule has 0 fully saturated rings. The van der Waals surface area contributed by atoms with Crippen molar-refractivity contribution in [3.63, 3.8) is 0 Å². The Bertz CT molecular complexity index is 587. The summed E-state index contributed by atoms with van der Waals surface area (Å²) in [7, 11) is 0. The van der Waals surface area contributed by atoms with E-state index in [0.717, 1.165) is 20.7 Å². The van der Waals surface area contributed by atoms with Gasteiger partial charge in [0.1, 0.15) is 0 Å². The second kappa shape index (κ2) is 5.16. The normalized spacial score (nSPS) is 10.6. The fourth-order valence-electron chi connectivity index (χ4n) is 1.69. The maximum absolute atomic E-state index is 10.8. The number of halogens is 1. The zero-order chi connectivity index (χ0) is 13.3. The lowest BCUT2D eigenvalue weighted by atomic mass is 10.1. The van der Waals surface area contributed by atoms with Crippen molar-refractivity contribution in [2.24, 2.45) is 0 Å². The van der Waals surface area contributed by atoms with Crippen molar-refractivity contribution < 1.29 is 9.90 Å². The number of carboxylic acid groups (broad SMARTS) is 1. The lowest BCUT2D eigenvalue weighted by Gasteiger charge is -2.08. The van der Waals surface area contributed by atoms with Crippen LogP contribution in [0.25, 0.3) is 10.7 Å². The van der Waals surface area contributed by atoms with Crippen molar-refractivity contribution in [2.45, 2.75) is 20.3 Å². The van der Waals surface area contributed by atoms with Crippen molar-refractivity contribution in [1.29, 1.82) is 0 Å². The number of rotatable bonds is 3. The molecule has 0 atom stereocenters. The quantitative estimate of drug-likeness (QED) is 0.940. The molecule has 2 rings (SSSR count). The van der Waals surface area contributed by atoms with E-state index in [2.05, 4.69) is 25.9 Å². The van der Waals surface area contributed by atoms with Gasteiger partial charge in [-0.05, 0) is 35.8 Å². The summed E-state index contributed by atoms with van der Waals surface area (Å²) in [5.74, 6) is -0.216. The summed E-state index contributed by atoms with van der Waals surface area (Å²) in [6, 6.07) is 1.95. The smallest absolute Gasteiger partial charge is 0.307 e. The summed E-state index contributed by atoms with van der Waals surface area (Å²) < 4.78 is 0.996. The number of aromatic nitrogens is 2. The van der Waals surface area contributed by atoms with Gasteiger partial charge in [0.15, 0.2) is 5.82 Å². The number of carbonyl (C=O) groups is 1. The van der Waals surface area contributed by atoms with Crippen molar-refractivity contribution in [1.82, 2.24) is 9.97 Å². The molecule has 1 N–H and O–H groups in total. The Morgan fingerprint density at radius 2 is 2.00 bits per heavy atom. The number of hydrogen-bond donors (Lipinski definition) is 1. The van der Waals surface area contributed by atoms with Crippen molar-refractivity contribution >= 4 is 33.2 Å². The first-order valence-corrected chi connectivity index (χ1v) is 6.95. The monoisotopic (exact) mass is 326 g/mol. The maximum Gasteiger partial charge on any atom is 0.307 e. The summed E-state index contributed by atoms with van der Waals surface area (Å²) >= 11 is 4.94. The first kappa shape index (κ1) is 13.2. The first-order chi connectivity index (χ1) is 8.47. The average molecular weight is 327 g/mol. The summed E-state index contributed by atoms with van der Waals surface area (Å²) in [5.41, 5.74) is 2.15. The van der Waals surface area contributed by atoms with Gasteiger partial charge in [0, 0.05) is 26.8 Å². The molecule has 94 valence electrons. The highest BCUT2D eigenvalue weighted by Gasteiger charge is 2.13. The Morgan fingerprint density at radius 1 is 1.39 bits per heavy atom. The molecule has 0 bridgehead atoms. The van der Waals surface area contributed by atoms with Gasteiger partial charge < -0.3 is 5.11 Å². The minimum atomic E-state index is -0.864. The van der Waals surface area contributed by atoms with Gasteiger partial charge in [0.25, 0.3) is 0 Å². The third-order valence-corrected chi connectivity index (χ3v) is 4.22. The van der Waals surface area contributed by atoms with Gasteiger partial charge in [-0.25, -0.2) is 9.97 Å². The van der Waals surface area contributed by atoms with Crippen LogP contribution in [0, 0.1) is 13.8 Å². The summed E-state index contributed by atoms with van der Waals surface area (Å²) in [4.78, 5) is 20.5. The van der Waals surface area contributed by atoms with Gasteiger partial charge in [-0.15, -0.1) is 11.3 Å².